The number of likely N-dealkylation sites (tertiary alicyclic amines) is 1. The molecule has 4 heteroatoms. The Morgan fingerprint density at radius 3 is 2.81 bits per heavy atom. The van der Waals surface area contributed by atoms with E-state index in [1.807, 2.05) is 0 Å². The molecule has 1 atom stereocenters. The highest BCUT2D eigenvalue weighted by Crippen LogP contribution is 2.28. The van der Waals surface area contributed by atoms with Crippen molar-refractivity contribution in [2.24, 2.45) is 0 Å². The molecule has 0 saturated carbocycles. The van der Waals surface area contributed by atoms with Gasteiger partial charge in [0, 0.05) is 22.6 Å². The molecule has 1 unspecified atom stereocenters. The van der Waals surface area contributed by atoms with Crippen molar-refractivity contribution in [3.63, 3.8) is 0 Å². The zero-order chi connectivity index (χ0) is 15.1. The van der Waals surface area contributed by atoms with E-state index in [4.69, 9.17) is 4.74 Å². The molecule has 21 heavy (non-hydrogen) atoms. The maximum Gasteiger partial charge on any atom is 0.124 e. The zero-order valence-electron chi connectivity index (χ0n) is 13.2. The smallest absolute Gasteiger partial charge is 0.124 e. The summed E-state index contributed by atoms with van der Waals surface area (Å²) in [5, 5.41) is 3.46. The molecule has 1 fully saturated rings. The Kier molecular flexibility index (Phi) is 7.00. The minimum atomic E-state index is 0.307. The molecule has 0 bridgehead atoms. The van der Waals surface area contributed by atoms with Gasteiger partial charge in [0.1, 0.15) is 5.75 Å². The first-order valence-corrected chi connectivity index (χ1v) is 8.88. The molecular weight excluding hydrogens is 328 g/mol. The highest BCUT2D eigenvalue weighted by molar-refractivity contribution is 9.10. The van der Waals surface area contributed by atoms with Crippen LogP contribution in [-0.2, 0) is 0 Å². The molecule has 0 aromatic heterocycles. The standard InChI is InChI=1S/C17H27BrN2O/c1-3-19-14(2)16-13-15(18)7-8-17(16)21-12-6-11-20-9-4-5-10-20/h7-8,13-14,19H,3-6,9-12H2,1-2H3. The number of benzene rings is 1. The largest absolute Gasteiger partial charge is 0.493 e. The molecule has 3 nitrogen and oxygen atoms in total. The van der Waals surface area contributed by atoms with Crippen LogP contribution in [0.4, 0.5) is 0 Å². The van der Waals surface area contributed by atoms with Crippen molar-refractivity contribution in [2.45, 2.75) is 39.2 Å². The van der Waals surface area contributed by atoms with Crippen LogP contribution in [0.1, 0.15) is 44.7 Å². The van der Waals surface area contributed by atoms with Crippen molar-refractivity contribution in [3.05, 3.63) is 28.2 Å². The molecule has 0 radical (unpaired) electrons. The average Bonchev–Trinajstić information content (AvgIpc) is 2.98. The Hall–Kier alpha value is -0.580. The molecule has 1 aliphatic rings. The lowest BCUT2D eigenvalue weighted by atomic mass is 10.1. The van der Waals surface area contributed by atoms with E-state index in [1.54, 1.807) is 0 Å². The Bertz CT molecular complexity index is 433. The van der Waals surface area contributed by atoms with E-state index in [0.717, 1.165) is 36.3 Å². The number of ether oxygens (including phenoxy) is 1. The fraction of sp³-hybridized carbons (Fsp3) is 0.647. The van der Waals surface area contributed by atoms with E-state index in [9.17, 15) is 0 Å². The van der Waals surface area contributed by atoms with Crippen molar-refractivity contribution in [1.82, 2.24) is 10.2 Å². The molecule has 1 aliphatic heterocycles. The normalized spacial score (nSPS) is 17.1. The summed E-state index contributed by atoms with van der Waals surface area (Å²) in [6.07, 6.45) is 3.82. The fourth-order valence-electron chi connectivity index (χ4n) is 2.88. The monoisotopic (exact) mass is 354 g/mol. The molecule has 0 aliphatic carbocycles. The fourth-order valence-corrected chi connectivity index (χ4v) is 3.26. The van der Waals surface area contributed by atoms with Crippen LogP contribution < -0.4 is 10.1 Å². The summed E-state index contributed by atoms with van der Waals surface area (Å²) in [7, 11) is 0. The van der Waals surface area contributed by atoms with Gasteiger partial charge >= 0.3 is 0 Å². The van der Waals surface area contributed by atoms with Crippen molar-refractivity contribution < 1.29 is 4.74 Å². The summed E-state index contributed by atoms with van der Waals surface area (Å²) in [5.41, 5.74) is 1.23. The van der Waals surface area contributed by atoms with Gasteiger partial charge in [-0.05, 0) is 64.0 Å². The van der Waals surface area contributed by atoms with Crippen LogP contribution in [0.15, 0.2) is 22.7 Å². The zero-order valence-corrected chi connectivity index (χ0v) is 14.8. The summed E-state index contributed by atoms with van der Waals surface area (Å²) in [6, 6.07) is 6.59. The predicted octanol–water partition coefficient (Wildman–Crippen LogP) is 3.98. The molecule has 1 aromatic rings. The van der Waals surface area contributed by atoms with Crippen LogP contribution in [-0.4, -0.2) is 37.7 Å². The second-order valence-electron chi connectivity index (χ2n) is 5.71. The number of hydrogen-bond acceptors (Lipinski definition) is 3. The van der Waals surface area contributed by atoms with Gasteiger partial charge in [0.05, 0.1) is 6.61 Å². The van der Waals surface area contributed by atoms with Crippen LogP contribution in [0.5, 0.6) is 5.75 Å². The van der Waals surface area contributed by atoms with Crippen molar-refractivity contribution >= 4 is 15.9 Å². The quantitative estimate of drug-likeness (QED) is 0.714. The van der Waals surface area contributed by atoms with Gasteiger partial charge in [-0.1, -0.05) is 22.9 Å². The van der Waals surface area contributed by atoms with E-state index in [1.165, 1.54) is 31.5 Å². The third kappa shape index (κ3) is 5.28. The van der Waals surface area contributed by atoms with Crippen LogP contribution in [0.25, 0.3) is 0 Å². The number of nitrogens with zero attached hydrogens (tertiary/aromatic N) is 1. The number of rotatable bonds is 8. The van der Waals surface area contributed by atoms with Gasteiger partial charge in [0.15, 0.2) is 0 Å². The molecule has 1 N–H and O–H groups in total. The van der Waals surface area contributed by atoms with Crippen LogP contribution in [0.3, 0.4) is 0 Å². The number of hydrogen-bond donors (Lipinski definition) is 1. The van der Waals surface area contributed by atoms with Crippen LogP contribution in [0.2, 0.25) is 0 Å². The second kappa shape index (κ2) is 8.76. The SMILES string of the molecule is CCNC(C)c1cc(Br)ccc1OCCCN1CCCC1. The topological polar surface area (TPSA) is 24.5 Å². The van der Waals surface area contributed by atoms with Crippen molar-refractivity contribution in [1.29, 1.82) is 0 Å². The van der Waals surface area contributed by atoms with E-state index in [0.29, 0.717) is 6.04 Å². The minimum absolute atomic E-state index is 0.307. The minimum Gasteiger partial charge on any atom is -0.493 e. The summed E-state index contributed by atoms with van der Waals surface area (Å²) in [4.78, 5) is 2.53. The first kappa shape index (κ1) is 16.8. The van der Waals surface area contributed by atoms with Gasteiger partial charge in [-0.2, -0.15) is 0 Å². The molecular formula is C17H27BrN2O. The predicted molar refractivity (Wildman–Crippen MR) is 92.0 cm³/mol. The maximum absolute atomic E-state index is 6.03. The summed E-state index contributed by atoms with van der Waals surface area (Å²) in [6.45, 7) is 9.76. The lowest BCUT2D eigenvalue weighted by molar-refractivity contribution is 0.260. The Labute approximate surface area is 137 Å². The van der Waals surface area contributed by atoms with E-state index in [-0.39, 0.29) is 0 Å². The average molecular weight is 355 g/mol. The van der Waals surface area contributed by atoms with Gasteiger partial charge in [0.2, 0.25) is 0 Å². The first-order chi connectivity index (χ1) is 10.2. The maximum atomic E-state index is 6.03. The lowest BCUT2D eigenvalue weighted by Crippen LogP contribution is -2.22. The lowest BCUT2D eigenvalue weighted by Gasteiger charge is -2.19. The van der Waals surface area contributed by atoms with Crippen LogP contribution in [0, 0.1) is 0 Å². The Morgan fingerprint density at radius 1 is 1.33 bits per heavy atom. The van der Waals surface area contributed by atoms with Gasteiger partial charge < -0.3 is 15.0 Å². The molecule has 0 spiro atoms. The Balaban J connectivity index is 1.86. The van der Waals surface area contributed by atoms with E-state index < -0.39 is 0 Å². The van der Waals surface area contributed by atoms with Gasteiger partial charge in [-0.3, -0.25) is 0 Å². The number of halogens is 1. The van der Waals surface area contributed by atoms with E-state index in [2.05, 4.69) is 58.2 Å². The summed E-state index contributed by atoms with van der Waals surface area (Å²) in [5.74, 6) is 1.01. The first-order valence-electron chi connectivity index (χ1n) is 8.08. The summed E-state index contributed by atoms with van der Waals surface area (Å²) < 4.78 is 7.14. The number of nitrogens with one attached hydrogen (secondary N) is 1. The molecule has 2 rings (SSSR count). The third-order valence-electron chi connectivity index (χ3n) is 4.02. The highest BCUT2D eigenvalue weighted by atomic mass is 79.9. The van der Waals surface area contributed by atoms with Crippen LogP contribution >= 0.6 is 15.9 Å². The molecule has 1 saturated heterocycles. The van der Waals surface area contributed by atoms with Crippen molar-refractivity contribution in [3.8, 4) is 5.75 Å². The molecule has 1 heterocycles. The van der Waals surface area contributed by atoms with Gasteiger partial charge in [-0.25, -0.2) is 0 Å². The summed E-state index contributed by atoms with van der Waals surface area (Å²) >= 11 is 3.55. The second-order valence-corrected chi connectivity index (χ2v) is 6.63. The molecule has 1 aromatic carbocycles. The van der Waals surface area contributed by atoms with Gasteiger partial charge in [0.25, 0.3) is 0 Å². The molecule has 118 valence electrons. The van der Waals surface area contributed by atoms with Crippen molar-refractivity contribution in [2.75, 3.05) is 32.8 Å². The highest BCUT2D eigenvalue weighted by Gasteiger charge is 2.13. The van der Waals surface area contributed by atoms with Gasteiger partial charge in [-0.15, -0.1) is 0 Å². The molecule has 0 amide bonds. The Morgan fingerprint density at radius 2 is 2.10 bits per heavy atom. The third-order valence-corrected chi connectivity index (χ3v) is 4.52. The van der Waals surface area contributed by atoms with E-state index >= 15 is 0 Å².